The highest BCUT2D eigenvalue weighted by molar-refractivity contribution is 6.13. The van der Waals surface area contributed by atoms with E-state index in [1.54, 1.807) is 0 Å². The second-order valence-electron chi connectivity index (χ2n) is 5.76. The Kier molecular flexibility index (Phi) is 2.55. The normalized spacial score (nSPS) is 24.8. The lowest BCUT2D eigenvalue weighted by Crippen LogP contribution is -2.36. The van der Waals surface area contributed by atoms with Crippen molar-refractivity contribution in [2.45, 2.75) is 19.9 Å². The minimum atomic E-state index is 0.120. The van der Waals surface area contributed by atoms with E-state index < -0.39 is 0 Å². The fourth-order valence-electron chi connectivity index (χ4n) is 3.86. The van der Waals surface area contributed by atoms with Crippen molar-refractivity contribution >= 4 is 17.2 Å². The highest BCUT2D eigenvalue weighted by Gasteiger charge is 2.45. The molecule has 2 atom stereocenters. The van der Waals surface area contributed by atoms with E-state index in [-0.39, 0.29) is 11.9 Å². The van der Waals surface area contributed by atoms with E-state index >= 15 is 0 Å². The maximum absolute atomic E-state index is 12.8. The third-order valence-electron chi connectivity index (χ3n) is 4.76. The summed E-state index contributed by atoms with van der Waals surface area (Å²) >= 11 is 0. The van der Waals surface area contributed by atoms with Gasteiger partial charge in [-0.15, -0.1) is 0 Å². The number of nitrogens with zero attached hydrogens (tertiary/aromatic N) is 1. The molecule has 2 aliphatic heterocycles. The predicted octanol–water partition coefficient (Wildman–Crippen LogP) is 4.44. The third-order valence-corrected chi connectivity index (χ3v) is 4.76. The minimum Gasteiger partial charge on any atom is -0.300 e. The molecule has 0 fully saturated rings. The number of para-hydroxylation sites is 1. The molecule has 0 radical (unpaired) electrons. The quantitative estimate of drug-likeness (QED) is 0.696. The first-order valence-corrected chi connectivity index (χ1v) is 7.42. The molecule has 104 valence electrons. The average Bonchev–Trinajstić information content (AvgIpc) is 2.82. The Bertz CT molecular complexity index is 775. The van der Waals surface area contributed by atoms with Gasteiger partial charge in [-0.2, -0.15) is 0 Å². The van der Waals surface area contributed by atoms with Gasteiger partial charge in [0.15, 0.2) is 0 Å². The molecule has 2 nitrogen and oxygen atoms in total. The van der Waals surface area contributed by atoms with Gasteiger partial charge >= 0.3 is 0 Å². The van der Waals surface area contributed by atoms with Crippen LogP contribution in [0.2, 0.25) is 0 Å². The minimum absolute atomic E-state index is 0.120. The van der Waals surface area contributed by atoms with E-state index in [1.165, 1.54) is 11.1 Å². The Hall–Kier alpha value is -2.35. The van der Waals surface area contributed by atoms with Crippen LogP contribution in [0.15, 0.2) is 54.6 Å². The highest BCUT2D eigenvalue weighted by atomic mass is 16.2. The summed E-state index contributed by atoms with van der Waals surface area (Å²) in [5.41, 5.74) is 5.56. The fraction of sp³-hybridized carbons (Fsp3) is 0.211. The van der Waals surface area contributed by atoms with E-state index in [2.05, 4.69) is 38.1 Å². The molecular formula is C19H17NO. The highest BCUT2D eigenvalue weighted by Crippen LogP contribution is 2.52. The van der Waals surface area contributed by atoms with Crippen molar-refractivity contribution < 1.29 is 4.79 Å². The van der Waals surface area contributed by atoms with E-state index in [9.17, 15) is 4.79 Å². The number of hydrogen-bond donors (Lipinski definition) is 0. The Morgan fingerprint density at radius 1 is 1.00 bits per heavy atom. The van der Waals surface area contributed by atoms with Gasteiger partial charge in [0.05, 0.1) is 11.7 Å². The van der Waals surface area contributed by atoms with Gasteiger partial charge in [0, 0.05) is 17.0 Å². The third kappa shape index (κ3) is 1.50. The molecule has 2 aliphatic rings. The van der Waals surface area contributed by atoms with Crippen molar-refractivity contribution in [1.82, 2.24) is 0 Å². The van der Waals surface area contributed by atoms with Gasteiger partial charge in [-0.1, -0.05) is 49.4 Å². The predicted molar refractivity (Wildman–Crippen MR) is 85.2 cm³/mol. The van der Waals surface area contributed by atoms with Gasteiger partial charge in [0.1, 0.15) is 0 Å². The van der Waals surface area contributed by atoms with Crippen molar-refractivity contribution in [3.05, 3.63) is 71.3 Å². The summed E-state index contributed by atoms with van der Waals surface area (Å²) in [7, 11) is 0. The molecule has 0 saturated carbocycles. The molecule has 0 unspecified atom stereocenters. The SMILES string of the molecule is C/C=C1/c2ccccc2N2C(=O)c3ccccc3[C@@H]2[C@H]1C. The van der Waals surface area contributed by atoms with Gasteiger partial charge in [0.25, 0.3) is 5.91 Å². The number of amides is 1. The molecule has 0 aliphatic carbocycles. The molecule has 4 rings (SSSR count). The molecule has 21 heavy (non-hydrogen) atoms. The van der Waals surface area contributed by atoms with Crippen LogP contribution in [-0.4, -0.2) is 5.91 Å². The lowest BCUT2D eigenvalue weighted by Gasteiger charge is -2.38. The molecule has 2 heterocycles. The summed E-state index contributed by atoms with van der Waals surface area (Å²) in [5, 5.41) is 0. The van der Waals surface area contributed by atoms with Crippen molar-refractivity contribution in [2.75, 3.05) is 4.90 Å². The second-order valence-corrected chi connectivity index (χ2v) is 5.76. The number of fused-ring (bicyclic) bond motifs is 5. The van der Waals surface area contributed by atoms with Gasteiger partial charge in [-0.3, -0.25) is 9.69 Å². The smallest absolute Gasteiger partial charge is 0.259 e. The lowest BCUT2D eigenvalue weighted by molar-refractivity contribution is 0.0987. The van der Waals surface area contributed by atoms with Gasteiger partial charge in [-0.05, 0) is 30.2 Å². The number of carbonyl (C=O) groups is 1. The number of hydrogen-bond acceptors (Lipinski definition) is 1. The van der Waals surface area contributed by atoms with Crippen LogP contribution in [0.25, 0.3) is 5.57 Å². The summed E-state index contributed by atoms with van der Waals surface area (Å²) in [6.45, 7) is 4.30. The van der Waals surface area contributed by atoms with Crippen molar-refractivity contribution in [3.63, 3.8) is 0 Å². The van der Waals surface area contributed by atoms with Gasteiger partial charge in [0.2, 0.25) is 0 Å². The summed E-state index contributed by atoms with van der Waals surface area (Å²) < 4.78 is 0. The van der Waals surface area contributed by atoms with Crippen LogP contribution in [-0.2, 0) is 0 Å². The summed E-state index contributed by atoms with van der Waals surface area (Å²) in [6.07, 6.45) is 2.19. The lowest BCUT2D eigenvalue weighted by atomic mass is 9.80. The topological polar surface area (TPSA) is 20.3 Å². The molecule has 1 amide bonds. The number of anilines is 1. The monoisotopic (exact) mass is 275 g/mol. The summed E-state index contributed by atoms with van der Waals surface area (Å²) in [5.74, 6) is 0.433. The standard InChI is InChI=1S/C19H17NO/c1-3-13-12(2)18-15-9-4-5-10-16(15)19(21)20(18)17-11-7-6-8-14(13)17/h3-12,18H,1-2H3/b13-3+/t12-,18-/m0/s1. The molecule has 0 saturated heterocycles. The van der Waals surface area contributed by atoms with Crippen LogP contribution in [0.5, 0.6) is 0 Å². The Balaban J connectivity index is 2.02. The first-order chi connectivity index (χ1) is 10.2. The van der Waals surface area contributed by atoms with E-state index in [4.69, 9.17) is 0 Å². The number of benzene rings is 2. The molecule has 0 bridgehead atoms. The maximum Gasteiger partial charge on any atom is 0.259 e. The zero-order valence-electron chi connectivity index (χ0n) is 12.2. The van der Waals surface area contributed by atoms with E-state index in [1.807, 2.05) is 35.2 Å². The number of carbonyl (C=O) groups excluding carboxylic acids is 1. The van der Waals surface area contributed by atoms with Crippen LogP contribution >= 0.6 is 0 Å². The molecule has 0 N–H and O–H groups in total. The van der Waals surface area contributed by atoms with Gasteiger partial charge < -0.3 is 0 Å². The van der Waals surface area contributed by atoms with E-state index in [0.717, 1.165) is 16.8 Å². The number of rotatable bonds is 0. The first kappa shape index (κ1) is 12.4. The van der Waals surface area contributed by atoms with Crippen molar-refractivity contribution in [3.8, 4) is 0 Å². The van der Waals surface area contributed by atoms with Crippen LogP contribution in [0.1, 0.15) is 41.4 Å². The van der Waals surface area contributed by atoms with Crippen LogP contribution in [0.3, 0.4) is 0 Å². The van der Waals surface area contributed by atoms with Crippen molar-refractivity contribution in [1.29, 1.82) is 0 Å². The Morgan fingerprint density at radius 3 is 2.43 bits per heavy atom. The summed E-state index contributed by atoms with van der Waals surface area (Å²) in [6, 6.07) is 16.4. The molecule has 2 heteroatoms. The van der Waals surface area contributed by atoms with Crippen LogP contribution in [0, 0.1) is 5.92 Å². The van der Waals surface area contributed by atoms with Crippen molar-refractivity contribution in [2.24, 2.45) is 5.92 Å². The first-order valence-electron chi connectivity index (χ1n) is 7.42. The zero-order chi connectivity index (χ0) is 14.6. The maximum atomic E-state index is 12.8. The second kappa shape index (κ2) is 4.32. The molecule has 2 aromatic carbocycles. The summed E-state index contributed by atoms with van der Waals surface area (Å²) in [4.78, 5) is 14.8. The average molecular weight is 275 g/mol. The Labute approximate surface area is 124 Å². The Morgan fingerprint density at radius 2 is 1.67 bits per heavy atom. The fourth-order valence-corrected chi connectivity index (χ4v) is 3.86. The molecular weight excluding hydrogens is 258 g/mol. The zero-order valence-corrected chi connectivity index (χ0v) is 12.2. The van der Waals surface area contributed by atoms with Gasteiger partial charge in [-0.25, -0.2) is 0 Å². The molecule has 0 spiro atoms. The molecule has 2 aromatic rings. The largest absolute Gasteiger partial charge is 0.300 e. The molecule has 0 aromatic heterocycles. The van der Waals surface area contributed by atoms with Crippen LogP contribution < -0.4 is 4.90 Å². The van der Waals surface area contributed by atoms with Crippen LogP contribution in [0.4, 0.5) is 5.69 Å². The van der Waals surface area contributed by atoms with E-state index in [0.29, 0.717) is 5.92 Å². The number of allylic oxidation sites excluding steroid dienone is 1.